The minimum Gasteiger partial charge on any atom is -0.434 e. The highest BCUT2D eigenvalue weighted by Gasteiger charge is 2.20. The maximum Gasteiger partial charge on any atom is 0.513 e. The molecule has 0 radical (unpaired) electrons. The van der Waals surface area contributed by atoms with Gasteiger partial charge in [0.25, 0.3) is 0 Å². The minimum atomic E-state index is -0.655. The molecule has 0 spiro atoms. The Morgan fingerprint density at radius 2 is 1.83 bits per heavy atom. The van der Waals surface area contributed by atoms with Crippen LogP contribution in [0, 0.1) is 5.92 Å². The zero-order chi connectivity index (χ0) is 21.2. The number of aromatic nitrogens is 2. The van der Waals surface area contributed by atoms with Crippen LogP contribution < -0.4 is 4.74 Å². The Morgan fingerprint density at radius 1 is 1.07 bits per heavy atom. The molecule has 1 aliphatic rings. The highest BCUT2D eigenvalue weighted by molar-refractivity contribution is 5.65. The normalized spacial score (nSPS) is 15.5. The summed E-state index contributed by atoms with van der Waals surface area (Å²) in [7, 11) is 0. The zero-order valence-corrected chi connectivity index (χ0v) is 18.4. The lowest BCUT2D eigenvalue weighted by molar-refractivity contribution is 0.0974. The second kappa shape index (κ2) is 11.7. The third-order valence-corrected chi connectivity index (χ3v) is 5.75. The van der Waals surface area contributed by atoms with Crippen LogP contribution in [0.5, 0.6) is 5.75 Å². The fraction of sp³-hybridized carbons (Fsp3) is 0.560. The number of nitrogens with zero attached hydrogens (tertiary/aromatic N) is 2. The van der Waals surface area contributed by atoms with E-state index in [2.05, 4.69) is 18.8 Å². The molecule has 1 aliphatic carbocycles. The van der Waals surface area contributed by atoms with Gasteiger partial charge in [-0.15, -0.1) is 0 Å². The Balaban J connectivity index is 1.55. The Kier molecular flexibility index (Phi) is 8.66. The second-order valence-electron chi connectivity index (χ2n) is 8.20. The summed E-state index contributed by atoms with van der Waals surface area (Å²) in [5.74, 6) is 1.97. The van der Waals surface area contributed by atoms with Gasteiger partial charge in [0.1, 0.15) is 5.75 Å². The third kappa shape index (κ3) is 6.54. The van der Waals surface area contributed by atoms with E-state index in [4.69, 9.17) is 14.5 Å². The largest absolute Gasteiger partial charge is 0.513 e. The molecule has 2 aromatic rings. The van der Waals surface area contributed by atoms with Crippen LogP contribution in [0.25, 0.3) is 11.4 Å². The average Bonchev–Trinajstić information content (AvgIpc) is 2.77. The molecule has 1 unspecified atom stereocenters. The van der Waals surface area contributed by atoms with Crippen LogP contribution >= 0.6 is 0 Å². The Morgan fingerprint density at radius 3 is 2.60 bits per heavy atom. The molecule has 0 amide bonds. The Bertz CT molecular complexity index is 805. The number of benzene rings is 1. The first-order chi connectivity index (χ1) is 14.7. The van der Waals surface area contributed by atoms with Gasteiger partial charge in [-0.2, -0.15) is 0 Å². The first kappa shape index (κ1) is 22.3. The summed E-state index contributed by atoms with van der Waals surface area (Å²) < 4.78 is 10.3. The smallest absolute Gasteiger partial charge is 0.434 e. The monoisotopic (exact) mass is 410 g/mol. The van der Waals surface area contributed by atoms with Gasteiger partial charge in [0.15, 0.2) is 5.82 Å². The molecule has 1 aromatic carbocycles. The lowest BCUT2D eigenvalue weighted by atomic mass is 9.84. The molecule has 5 heteroatoms. The molecule has 0 bridgehead atoms. The van der Waals surface area contributed by atoms with Crippen LogP contribution in [-0.2, 0) is 17.6 Å². The number of unbranched alkanes of at least 4 members (excludes halogenated alkanes) is 4. The standard InChI is InChI=1S/C25H34N2O3/c1-3-5-7-9-19-10-15-23-21(17-19)18-26-24(27-23)20-11-13-22(14-12-20)30-25(28)29-16-8-6-4-2/h11-14,18-19H,3-10,15-17H2,1-2H3. The quantitative estimate of drug-likeness (QED) is 0.253. The number of hydrogen-bond donors (Lipinski definition) is 0. The molecule has 0 aliphatic heterocycles. The van der Waals surface area contributed by atoms with Gasteiger partial charge in [0, 0.05) is 17.5 Å². The summed E-state index contributed by atoms with van der Waals surface area (Å²) in [5, 5.41) is 0. The molecule has 1 atom stereocenters. The number of aryl methyl sites for hydroxylation is 1. The van der Waals surface area contributed by atoms with E-state index in [-0.39, 0.29) is 0 Å². The average molecular weight is 411 g/mol. The van der Waals surface area contributed by atoms with Gasteiger partial charge >= 0.3 is 6.16 Å². The first-order valence-electron chi connectivity index (χ1n) is 11.5. The summed E-state index contributed by atoms with van der Waals surface area (Å²) in [5.41, 5.74) is 3.41. The number of rotatable bonds is 10. The minimum absolute atomic E-state index is 0.396. The SMILES string of the molecule is CCCCCOC(=O)Oc1ccc(-c2ncc3c(n2)CCC(CCCCC)C3)cc1. The summed E-state index contributed by atoms with van der Waals surface area (Å²) >= 11 is 0. The van der Waals surface area contributed by atoms with Crippen LogP contribution in [-0.4, -0.2) is 22.7 Å². The van der Waals surface area contributed by atoms with E-state index >= 15 is 0 Å². The molecule has 0 N–H and O–H groups in total. The predicted octanol–water partition coefficient (Wildman–Crippen LogP) is 6.53. The van der Waals surface area contributed by atoms with Crippen molar-refractivity contribution in [2.75, 3.05) is 6.61 Å². The summed E-state index contributed by atoms with van der Waals surface area (Å²) in [4.78, 5) is 21.1. The summed E-state index contributed by atoms with van der Waals surface area (Å²) in [6.45, 7) is 4.76. The van der Waals surface area contributed by atoms with Crippen LogP contribution in [0.3, 0.4) is 0 Å². The molecule has 0 saturated carbocycles. The van der Waals surface area contributed by atoms with Gasteiger partial charge in [0.2, 0.25) is 0 Å². The van der Waals surface area contributed by atoms with Crippen molar-refractivity contribution in [3.63, 3.8) is 0 Å². The predicted molar refractivity (Wildman–Crippen MR) is 119 cm³/mol. The Labute approximate surface area is 180 Å². The van der Waals surface area contributed by atoms with E-state index in [0.29, 0.717) is 12.4 Å². The maximum atomic E-state index is 11.7. The van der Waals surface area contributed by atoms with Crippen LogP contribution in [0.4, 0.5) is 4.79 Å². The van der Waals surface area contributed by atoms with Gasteiger partial charge < -0.3 is 9.47 Å². The lowest BCUT2D eigenvalue weighted by Gasteiger charge is -2.23. The van der Waals surface area contributed by atoms with Gasteiger partial charge in [-0.3, -0.25) is 0 Å². The molecule has 162 valence electrons. The van der Waals surface area contributed by atoms with Gasteiger partial charge in [0.05, 0.1) is 6.61 Å². The van der Waals surface area contributed by atoms with E-state index < -0.39 is 6.16 Å². The van der Waals surface area contributed by atoms with Crippen LogP contribution in [0.1, 0.15) is 76.5 Å². The molecule has 30 heavy (non-hydrogen) atoms. The second-order valence-corrected chi connectivity index (χ2v) is 8.20. The van der Waals surface area contributed by atoms with Crippen LogP contribution in [0.2, 0.25) is 0 Å². The number of carbonyl (C=O) groups excluding carboxylic acids is 1. The van der Waals surface area contributed by atoms with Crippen molar-refractivity contribution in [1.82, 2.24) is 9.97 Å². The molecule has 5 nitrogen and oxygen atoms in total. The van der Waals surface area contributed by atoms with E-state index in [9.17, 15) is 4.79 Å². The fourth-order valence-corrected chi connectivity index (χ4v) is 3.96. The molecule has 0 fully saturated rings. The number of carbonyl (C=O) groups is 1. The summed E-state index contributed by atoms with van der Waals surface area (Å²) in [6.07, 6.45) is 13.0. The molecule has 1 aromatic heterocycles. The van der Waals surface area contributed by atoms with E-state index in [1.165, 1.54) is 43.4 Å². The fourth-order valence-electron chi connectivity index (χ4n) is 3.96. The maximum absolute atomic E-state index is 11.7. The van der Waals surface area contributed by atoms with Crippen molar-refractivity contribution < 1.29 is 14.3 Å². The lowest BCUT2D eigenvalue weighted by Crippen LogP contribution is -2.16. The van der Waals surface area contributed by atoms with Crippen molar-refractivity contribution in [2.45, 2.75) is 78.1 Å². The van der Waals surface area contributed by atoms with Crippen molar-refractivity contribution >= 4 is 6.16 Å². The number of ether oxygens (including phenoxy) is 2. The van der Waals surface area contributed by atoms with Crippen molar-refractivity contribution in [3.05, 3.63) is 41.7 Å². The number of hydrogen-bond acceptors (Lipinski definition) is 5. The van der Waals surface area contributed by atoms with E-state index in [0.717, 1.165) is 49.4 Å². The van der Waals surface area contributed by atoms with Crippen molar-refractivity contribution in [1.29, 1.82) is 0 Å². The van der Waals surface area contributed by atoms with Crippen molar-refractivity contribution in [2.24, 2.45) is 5.92 Å². The Hall–Kier alpha value is -2.43. The van der Waals surface area contributed by atoms with E-state index in [1.807, 2.05) is 18.3 Å². The van der Waals surface area contributed by atoms with Crippen LogP contribution in [0.15, 0.2) is 30.5 Å². The topological polar surface area (TPSA) is 61.3 Å². The van der Waals surface area contributed by atoms with Crippen molar-refractivity contribution in [3.8, 4) is 17.1 Å². The first-order valence-corrected chi connectivity index (χ1v) is 11.5. The zero-order valence-electron chi connectivity index (χ0n) is 18.4. The molecular weight excluding hydrogens is 376 g/mol. The molecular formula is C25H34N2O3. The highest BCUT2D eigenvalue weighted by Crippen LogP contribution is 2.29. The molecule has 3 rings (SSSR count). The van der Waals surface area contributed by atoms with Gasteiger partial charge in [-0.25, -0.2) is 14.8 Å². The van der Waals surface area contributed by atoms with Gasteiger partial charge in [-0.05, 0) is 61.4 Å². The highest BCUT2D eigenvalue weighted by atomic mass is 16.7. The molecule has 0 saturated heterocycles. The number of fused-ring (bicyclic) bond motifs is 1. The van der Waals surface area contributed by atoms with E-state index in [1.54, 1.807) is 12.1 Å². The molecule has 1 heterocycles. The van der Waals surface area contributed by atoms with Gasteiger partial charge in [-0.1, -0.05) is 52.4 Å². The summed E-state index contributed by atoms with van der Waals surface area (Å²) in [6, 6.07) is 7.29. The third-order valence-electron chi connectivity index (χ3n) is 5.75.